The van der Waals surface area contributed by atoms with Gasteiger partial charge >= 0.3 is 6.18 Å². The van der Waals surface area contributed by atoms with Gasteiger partial charge in [0.05, 0.1) is 24.0 Å². The molecule has 39 heavy (non-hydrogen) atoms. The summed E-state index contributed by atoms with van der Waals surface area (Å²) in [6, 6.07) is 12.7. The molecule has 0 saturated carbocycles. The van der Waals surface area contributed by atoms with E-state index in [2.05, 4.69) is 15.6 Å². The molecule has 10 heteroatoms. The molecule has 2 heterocycles. The van der Waals surface area contributed by atoms with Gasteiger partial charge < -0.3 is 15.5 Å². The molecule has 7 nitrogen and oxygen atoms in total. The number of alkyl halides is 3. The molecular formula is C29H30F3N5O2. The Morgan fingerprint density at radius 2 is 1.46 bits per heavy atom. The maximum absolute atomic E-state index is 13.0. The van der Waals surface area contributed by atoms with E-state index in [0.29, 0.717) is 22.5 Å². The number of rotatable bonds is 7. The molecule has 0 aliphatic carbocycles. The zero-order valence-corrected chi connectivity index (χ0v) is 22.4. The number of aryl methyl sites for hydroxylation is 2. The topological polar surface area (TPSA) is 78.7 Å². The molecule has 0 unspecified atom stereocenters. The second-order valence-electron chi connectivity index (χ2n) is 9.46. The molecule has 0 spiro atoms. The van der Waals surface area contributed by atoms with Crippen LogP contribution in [0.5, 0.6) is 0 Å². The molecule has 0 bridgehead atoms. The lowest BCUT2D eigenvalue weighted by Crippen LogP contribution is -2.24. The van der Waals surface area contributed by atoms with E-state index in [-0.39, 0.29) is 18.4 Å². The fourth-order valence-electron chi connectivity index (χ4n) is 4.58. The lowest BCUT2D eigenvalue weighted by Gasteiger charge is -2.22. The van der Waals surface area contributed by atoms with E-state index in [1.54, 1.807) is 44.4 Å². The van der Waals surface area contributed by atoms with Crippen LogP contribution < -0.4 is 15.5 Å². The number of fused-ring (bicyclic) bond motifs is 1. The van der Waals surface area contributed by atoms with Crippen molar-refractivity contribution in [1.82, 2.24) is 20.0 Å². The van der Waals surface area contributed by atoms with Crippen LogP contribution in [0.15, 0.2) is 54.9 Å². The highest BCUT2D eigenvalue weighted by molar-refractivity contribution is 5.97. The number of pyridine rings is 1. The molecule has 0 aliphatic rings. The van der Waals surface area contributed by atoms with Gasteiger partial charge in [0.15, 0.2) is 5.65 Å². The Hall–Kier alpha value is -4.34. The van der Waals surface area contributed by atoms with Crippen LogP contribution in [0.25, 0.3) is 28.0 Å². The lowest BCUT2D eigenvalue weighted by atomic mass is 10.00. The fraction of sp³-hybridized carbons (Fsp3) is 0.276. The number of aromatic nitrogens is 2. The summed E-state index contributed by atoms with van der Waals surface area (Å²) < 4.78 is 41.0. The summed E-state index contributed by atoms with van der Waals surface area (Å²) in [7, 11) is 4.75. The van der Waals surface area contributed by atoms with Gasteiger partial charge in [-0.25, -0.2) is 4.98 Å². The van der Waals surface area contributed by atoms with Gasteiger partial charge in [0.1, 0.15) is 0 Å². The monoisotopic (exact) mass is 537 g/mol. The predicted molar refractivity (Wildman–Crippen MR) is 146 cm³/mol. The second-order valence-corrected chi connectivity index (χ2v) is 9.46. The van der Waals surface area contributed by atoms with Crippen molar-refractivity contribution >= 4 is 23.1 Å². The molecule has 2 amide bonds. The van der Waals surface area contributed by atoms with Gasteiger partial charge in [-0.1, -0.05) is 18.2 Å². The molecule has 0 saturated heterocycles. The van der Waals surface area contributed by atoms with Crippen molar-refractivity contribution < 1.29 is 22.8 Å². The molecule has 0 fully saturated rings. The second kappa shape index (κ2) is 10.8. The summed E-state index contributed by atoms with van der Waals surface area (Å²) in [6.07, 6.45) is -1.70. The zero-order chi connectivity index (χ0) is 28.5. The van der Waals surface area contributed by atoms with E-state index >= 15 is 0 Å². The first-order valence-corrected chi connectivity index (χ1v) is 12.4. The van der Waals surface area contributed by atoms with Crippen molar-refractivity contribution in [2.75, 3.05) is 32.6 Å². The summed E-state index contributed by atoms with van der Waals surface area (Å²) in [5.74, 6) is -0.391. The summed E-state index contributed by atoms with van der Waals surface area (Å²) in [5, 5.41) is 5.25. The van der Waals surface area contributed by atoms with Crippen LogP contribution in [0.4, 0.5) is 18.9 Å². The molecule has 0 aliphatic heterocycles. The molecule has 2 N–H and O–H groups in total. The Labute approximate surface area is 224 Å². The Bertz CT molecular complexity index is 1560. The van der Waals surface area contributed by atoms with Crippen LogP contribution in [0, 0.1) is 13.8 Å². The third-order valence-corrected chi connectivity index (χ3v) is 6.75. The summed E-state index contributed by atoms with van der Waals surface area (Å²) in [5.41, 5.74) is 6.77. The highest BCUT2D eigenvalue weighted by atomic mass is 19.4. The van der Waals surface area contributed by atoms with Crippen molar-refractivity contribution in [2.45, 2.75) is 26.4 Å². The lowest BCUT2D eigenvalue weighted by molar-refractivity contribution is -0.132. The highest BCUT2D eigenvalue weighted by Gasteiger charge is 2.28. The molecule has 0 atom stereocenters. The van der Waals surface area contributed by atoms with Crippen molar-refractivity contribution in [3.63, 3.8) is 0 Å². The number of carbonyl (C=O) groups excluding carboxylic acids is 2. The van der Waals surface area contributed by atoms with Crippen LogP contribution in [-0.4, -0.2) is 55.1 Å². The van der Waals surface area contributed by atoms with Gasteiger partial charge in [0, 0.05) is 56.1 Å². The zero-order valence-electron chi connectivity index (χ0n) is 22.4. The van der Waals surface area contributed by atoms with Crippen molar-refractivity contribution in [2.24, 2.45) is 0 Å². The number of nitrogens with one attached hydrogen (secondary N) is 2. The van der Waals surface area contributed by atoms with E-state index in [1.807, 2.05) is 54.8 Å². The van der Waals surface area contributed by atoms with E-state index in [0.717, 1.165) is 33.5 Å². The van der Waals surface area contributed by atoms with Crippen LogP contribution in [0.2, 0.25) is 0 Å². The number of carbonyl (C=O) groups is 2. The Morgan fingerprint density at radius 3 is 2.00 bits per heavy atom. The van der Waals surface area contributed by atoms with E-state index in [1.165, 1.54) is 0 Å². The number of hydrogen-bond donors (Lipinski definition) is 2. The van der Waals surface area contributed by atoms with Crippen molar-refractivity contribution in [1.29, 1.82) is 0 Å². The standard InChI is InChI=1S/C29H30F3N5O2/c1-17-12-19(6-8-22(17)27(38)33-3)21-14-24(36(5)11-10-29(30,31)32)26-35-15-25(37(26)16-21)20-7-9-23(18(2)13-20)28(39)34-4/h6-9,12-16H,10-11H2,1-5H3,(H,33,38)(H,34,39). The van der Waals surface area contributed by atoms with Crippen LogP contribution in [0.1, 0.15) is 38.3 Å². The fourth-order valence-corrected chi connectivity index (χ4v) is 4.58. The maximum atomic E-state index is 13.0. The minimum Gasteiger partial charge on any atom is -0.371 e. The number of hydrogen-bond acceptors (Lipinski definition) is 4. The number of nitrogens with zero attached hydrogens (tertiary/aromatic N) is 3. The minimum absolute atomic E-state index is 0.191. The Balaban J connectivity index is 1.88. The van der Waals surface area contributed by atoms with Gasteiger partial charge in [0.25, 0.3) is 11.8 Å². The van der Waals surface area contributed by atoms with Gasteiger partial charge in [-0.3, -0.25) is 14.0 Å². The average molecular weight is 538 g/mol. The normalized spacial score (nSPS) is 11.5. The van der Waals surface area contributed by atoms with E-state index < -0.39 is 12.6 Å². The highest BCUT2D eigenvalue weighted by Crippen LogP contribution is 2.34. The van der Waals surface area contributed by atoms with Crippen LogP contribution >= 0.6 is 0 Å². The SMILES string of the molecule is CNC(=O)c1ccc(-c2cc(N(C)CCC(F)(F)F)c3ncc(-c4ccc(C(=O)NC)c(C)c4)n3c2)cc1C. The smallest absolute Gasteiger partial charge is 0.371 e. The average Bonchev–Trinajstić information content (AvgIpc) is 3.33. The number of halogens is 3. The third kappa shape index (κ3) is 5.74. The number of amides is 2. The van der Waals surface area contributed by atoms with Gasteiger partial charge in [-0.2, -0.15) is 13.2 Å². The van der Waals surface area contributed by atoms with Crippen LogP contribution in [-0.2, 0) is 0 Å². The number of benzene rings is 2. The predicted octanol–water partition coefficient (Wildman–Crippen LogP) is 5.39. The minimum atomic E-state index is -4.29. The first kappa shape index (κ1) is 27.7. The van der Waals surface area contributed by atoms with Crippen LogP contribution in [0.3, 0.4) is 0 Å². The van der Waals surface area contributed by atoms with E-state index in [4.69, 9.17) is 0 Å². The van der Waals surface area contributed by atoms with Gasteiger partial charge in [-0.05, 0) is 54.8 Å². The quantitative estimate of drug-likeness (QED) is 0.331. The van der Waals surface area contributed by atoms with Gasteiger partial charge in [0.2, 0.25) is 0 Å². The summed E-state index contributed by atoms with van der Waals surface area (Å²) in [6.45, 7) is 3.44. The molecule has 4 aromatic rings. The number of anilines is 1. The van der Waals surface area contributed by atoms with Gasteiger partial charge in [-0.15, -0.1) is 0 Å². The molecule has 4 rings (SSSR count). The molecular weight excluding hydrogens is 507 g/mol. The maximum Gasteiger partial charge on any atom is 0.390 e. The molecule has 204 valence electrons. The third-order valence-electron chi connectivity index (χ3n) is 6.75. The number of imidazole rings is 1. The van der Waals surface area contributed by atoms with Crippen molar-refractivity contribution in [3.05, 3.63) is 77.1 Å². The first-order valence-electron chi connectivity index (χ1n) is 12.4. The Kier molecular flexibility index (Phi) is 7.67. The van der Waals surface area contributed by atoms with E-state index in [9.17, 15) is 22.8 Å². The summed E-state index contributed by atoms with van der Waals surface area (Å²) in [4.78, 5) is 30.5. The molecule has 2 aromatic carbocycles. The largest absolute Gasteiger partial charge is 0.390 e. The van der Waals surface area contributed by atoms with Crippen molar-refractivity contribution in [3.8, 4) is 22.4 Å². The molecule has 0 radical (unpaired) electrons. The summed E-state index contributed by atoms with van der Waals surface area (Å²) >= 11 is 0. The molecule has 2 aromatic heterocycles. The Morgan fingerprint density at radius 1 is 0.897 bits per heavy atom. The first-order chi connectivity index (χ1) is 18.4.